The summed E-state index contributed by atoms with van der Waals surface area (Å²) in [5.41, 5.74) is 0. The summed E-state index contributed by atoms with van der Waals surface area (Å²) in [6.45, 7) is 5.70. The Morgan fingerprint density at radius 3 is 2.12 bits per heavy atom. The third-order valence-corrected chi connectivity index (χ3v) is 5.61. The Bertz CT molecular complexity index is 583. The summed E-state index contributed by atoms with van der Waals surface area (Å²) in [6.07, 6.45) is 20.4. The Hall–Kier alpha value is -1.62. The molecular weight excluding hydrogens is 348 g/mol. The van der Waals surface area contributed by atoms with Crippen molar-refractivity contribution in [2.75, 3.05) is 6.61 Å². The van der Waals surface area contributed by atoms with Crippen LogP contribution in [-0.4, -0.2) is 26.2 Å². The smallest absolute Gasteiger partial charge is 0.324 e. The molecular formula is C21H34O4S. The zero-order chi connectivity index (χ0) is 19.7. The van der Waals surface area contributed by atoms with E-state index in [2.05, 4.69) is 13.0 Å². The van der Waals surface area contributed by atoms with Crippen LogP contribution in [0.15, 0.2) is 47.9 Å². The fourth-order valence-corrected chi connectivity index (χ4v) is 3.62. The minimum Gasteiger partial charge on any atom is -0.465 e. The second kappa shape index (κ2) is 15.6. The van der Waals surface area contributed by atoms with Gasteiger partial charge in [-0.05, 0) is 26.2 Å². The monoisotopic (exact) mass is 382 g/mol. The van der Waals surface area contributed by atoms with Crippen molar-refractivity contribution >= 4 is 15.8 Å². The summed E-state index contributed by atoms with van der Waals surface area (Å²) in [7, 11) is -3.65. The molecule has 0 saturated heterocycles. The predicted octanol–water partition coefficient (Wildman–Crippen LogP) is 5.29. The molecule has 0 heterocycles. The molecule has 1 atom stereocenters. The number of allylic oxidation sites excluding steroid dienone is 7. The van der Waals surface area contributed by atoms with Crippen LogP contribution in [0.3, 0.4) is 0 Å². The number of carbonyl (C=O) groups excluding carboxylic acids is 1. The molecule has 0 fully saturated rings. The number of hydrogen-bond acceptors (Lipinski definition) is 4. The Balaban J connectivity index is 4.27. The average molecular weight is 383 g/mol. The predicted molar refractivity (Wildman–Crippen MR) is 110 cm³/mol. The third kappa shape index (κ3) is 11.9. The zero-order valence-electron chi connectivity index (χ0n) is 16.4. The van der Waals surface area contributed by atoms with Gasteiger partial charge in [-0.3, -0.25) is 4.79 Å². The van der Waals surface area contributed by atoms with Crippen LogP contribution < -0.4 is 0 Å². The van der Waals surface area contributed by atoms with E-state index in [1.807, 2.05) is 18.2 Å². The van der Waals surface area contributed by atoms with E-state index in [4.69, 9.17) is 4.74 Å². The van der Waals surface area contributed by atoms with Gasteiger partial charge in [-0.1, -0.05) is 82.1 Å². The fraction of sp³-hybridized carbons (Fsp3) is 0.571. The molecule has 0 bridgehead atoms. The molecule has 0 aliphatic heterocycles. The number of ether oxygens (including phenoxy) is 1. The van der Waals surface area contributed by atoms with Crippen molar-refractivity contribution < 1.29 is 17.9 Å². The van der Waals surface area contributed by atoms with E-state index in [-0.39, 0.29) is 13.0 Å². The van der Waals surface area contributed by atoms with Gasteiger partial charge in [-0.25, -0.2) is 8.42 Å². The first-order valence-corrected chi connectivity index (χ1v) is 11.2. The van der Waals surface area contributed by atoms with Gasteiger partial charge < -0.3 is 4.74 Å². The molecule has 0 aliphatic carbocycles. The van der Waals surface area contributed by atoms with Gasteiger partial charge in [0.05, 0.1) is 6.61 Å². The normalized spacial score (nSPS) is 14.1. The van der Waals surface area contributed by atoms with Crippen LogP contribution in [0.1, 0.15) is 65.7 Å². The number of esters is 1. The first kappa shape index (κ1) is 24.4. The van der Waals surface area contributed by atoms with Crippen LogP contribution in [0, 0.1) is 0 Å². The maximum absolute atomic E-state index is 12.1. The molecule has 0 amide bonds. The van der Waals surface area contributed by atoms with Gasteiger partial charge >= 0.3 is 5.97 Å². The van der Waals surface area contributed by atoms with Crippen molar-refractivity contribution in [3.63, 3.8) is 0 Å². The van der Waals surface area contributed by atoms with Gasteiger partial charge in [0, 0.05) is 5.41 Å². The highest BCUT2D eigenvalue weighted by Gasteiger charge is 2.29. The number of sulfone groups is 1. The number of rotatable bonds is 14. The Morgan fingerprint density at radius 2 is 1.50 bits per heavy atom. The molecule has 0 spiro atoms. The summed E-state index contributed by atoms with van der Waals surface area (Å²) in [5.74, 6) is -0.691. The van der Waals surface area contributed by atoms with E-state index < -0.39 is 21.1 Å². The van der Waals surface area contributed by atoms with Gasteiger partial charge in [-0.2, -0.15) is 0 Å². The van der Waals surface area contributed by atoms with Crippen molar-refractivity contribution in [2.24, 2.45) is 0 Å². The molecule has 1 unspecified atom stereocenters. The molecule has 0 aromatic rings. The van der Waals surface area contributed by atoms with Crippen molar-refractivity contribution in [2.45, 2.75) is 71.0 Å². The second-order valence-corrected chi connectivity index (χ2v) is 7.99. The lowest BCUT2D eigenvalue weighted by Crippen LogP contribution is -2.30. The highest BCUT2D eigenvalue weighted by atomic mass is 32.2. The molecule has 0 aromatic heterocycles. The van der Waals surface area contributed by atoms with E-state index in [9.17, 15) is 13.2 Å². The quantitative estimate of drug-likeness (QED) is 0.233. The van der Waals surface area contributed by atoms with Crippen molar-refractivity contribution in [1.29, 1.82) is 0 Å². The van der Waals surface area contributed by atoms with E-state index in [0.29, 0.717) is 0 Å². The van der Waals surface area contributed by atoms with E-state index in [1.165, 1.54) is 38.2 Å². The summed E-state index contributed by atoms with van der Waals surface area (Å²) < 4.78 is 29.1. The van der Waals surface area contributed by atoms with Gasteiger partial charge in [0.15, 0.2) is 15.1 Å². The van der Waals surface area contributed by atoms with Crippen LogP contribution in [0.5, 0.6) is 0 Å². The summed E-state index contributed by atoms with van der Waals surface area (Å²) in [5, 5.41) is -0.0721. The SMILES string of the molecule is CCCCCCCC=CC=CC=CC=CS(=O)(=O)C(CC)C(=O)OCC. The first-order valence-electron chi connectivity index (χ1n) is 9.56. The fourth-order valence-electron chi connectivity index (χ4n) is 2.32. The minimum absolute atomic E-state index is 0.172. The van der Waals surface area contributed by atoms with Crippen LogP contribution in [0.4, 0.5) is 0 Å². The second-order valence-electron chi connectivity index (χ2n) is 5.97. The van der Waals surface area contributed by atoms with Crippen LogP contribution in [0.25, 0.3) is 0 Å². The van der Waals surface area contributed by atoms with Gasteiger partial charge in [0.2, 0.25) is 0 Å². The number of unbranched alkanes of at least 4 members (excludes halogenated alkanes) is 5. The molecule has 0 aromatic carbocycles. The van der Waals surface area contributed by atoms with Crippen LogP contribution >= 0.6 is 0 Å². The highest BCUT2D eigenvalue weighted by molar-refractivity contribution is 7.95. The zero-order valence-corrected chi connectivity index (χ0v) is 17.2. The molecule has 0 N–H and O–H groups in total. The average Bonchev–Trinajstić information content (AvgIpc) is 2.59. The molecule has 5 heteroatoms. The Labute approximate surface area is 159 Å². The lowest BCUT2D eigenvalue weighted by atomic mass is 10.1. The lowest BCUT2D eigenvalue weighted by molar-refractivity contribution is -0.142. The number of hydrogen-bond donors (Lipinski definition) is 0. The van der Waals surface area contributed by atoms with Crippen molar-refractivity contribution in [3.05, 3.63) is 47.9 Å². The van der Waals surface area contributed by atoms with Crippen molar-refractivity contribution in [3.8, 4) is 0 Å². The maximum Gasteiger partial charge on any atom is 0.324 e. The maximum atomic E-state index is 12.1. The minimum atomic E-state index is -3.65. The summed E-state index contributed by atoms with van der Waals surface area (Å²) in [6, 6.07) is 0. The van der Waals surface area contributed by atoms with Gasteiger partial charge in [0.25, 0.3) is 0 Å². The topological polar surface area (TPSA) is 60.4 Å². The summed E-state index contributed by atoms with van der Waals surface area (Å²) >= 11 is 0. The highest BCUT2D eigenvalue weighted by Crippen LogP contribution is 2.11. The molecule has 0 radical (unpaired) electrons. The Kier molecular flexibility index (Phi) is 14.6. The molecule has 0 aliphatic rings. The first-order chi connectivity index (χ1) is 12.5. The molecule has 26 heavy (non-hydrogen) atoms. The molecule has 0 saturated carbocycles. The largest absolute Gasteiger partial charge is 0.465 e. The van der Waals surface area contributed by atoms with E-state index in [1.54, 1.807) is 26.0 Å². The molecule has 148 valence electrons. The third-order valence-electron chi connectivity index (χ3n) is 3.75. The standard InChI is InChI=1S/C21H34O4S/c1-4-7-8-9-10-11-12-13-14-15-16-17-18-19-26(23,24)20(5-2)21(22)25-6-3/h12-20H,4-11H2,1-3H3. The van der Waals surface area contributed by atoms with Crippen LogP contribution in [0.2, 0.25) is 0 Å². The number of carbonyl (C=O) groups is 1. The van der Waals surface area contributed by atoms with Crippen LogP contribution in [-0.2, 0) is 19.4 Å². The van der Waals surface area contributed by atoms with E-state index in [0.717, 1.165) is 11.8 Å². The van der Waals surface area contributed by atoms with Crippen molar-refractivity contribution in [1.82, 2.24) is 0 Å². The van der Waals surface area contributed by atoms with Gasteiger partial charge in [-0.15, -0.1) is 0 Å². The Morgan fingerprint density at radius 1 is 0.885 bits per heavy atom. The van der Waals surface area contributed by atoms with E-state index >= 15 is 0 Å². The molecule has 4 nitrogen and oxygen atoms in total. The molecule has 0 rings (SSSR count). The summed E-state index contributed by atoms with van der Waals surface area (Å²) in [4.78, 5) is 11.7. The lowest BCUT2D eigenvalue weighted by Gasteiger charge is -2.11. The van der Waals surface area contributed by atoms with Gasteiger partial charge in [0.1, 0.15) is 0 Å².